The molecule has 1 aromatic rings. The molecule has 0 aliphatic carbocycles. The summed E-state index contributed by atoms with van der Waals surface area (Å²) in [5, 5.41) is 6.21. The molecule has 0 saturated carbocycles. The highest BCUT2D eigenvalue weighted by Gasteiger charge is 2.20. The fourth-order valence-electron chi connectivity index (χ4n) is 1.39. The molecule has 0 atom stereocenters. The molecule has 1 aromatic carbocycles. The van der Waals surface area contributed by atoms with Gasteiger partial charge in [0, 0.05) is 23.5 Å². The third-order valence-corrected chi connectivity index (χ3v) is 3.10. The van der Waals surface area contributed by atoms with Crippen LogP contribution in [0.1, 0.15) is 31.1 Å². The van der Waals surface area contributed by atoms with E-state index in [1.54, 1.807) is 12.1 Å². The highest BCUT2D eigenvalue weighted by Crippen LogP contribution is 2.20. The van der Waals surface area contributed by atoms with Gasteiger partial charge in [-0.15, -0.1) is 0 Å². The predicted molar refractivity (Wildman–Crippen MR) is 81.3 cm³/mol. The van der Waals surface area contributed by atoms with Crippen LogP contribution < -0.4 is 10.6 Å². The Balaban J connectivity index is 2.43. The van der Waals surface area contributed by atoms with E-state index in [0.717, 1.165) is 0 Å². The van der Waals surface area contributed by atoms with Crippen molar-refractivity contribution in [1.82, 2.24) is 10.6 Å². The van der Waals surface area contributed by atoms with Crippen LogP contribution >= 0.6 is 23.2 Å². The van der Waals surface area contributed by atoms with E-state index in [1.807, 2.05) is 20.8 Å². The van der Waals surface area contributed by atoms with E-state index in [9.17, 15) is 9.59 Å². The summed E-state index contributed by atoms with van der Waals surface area (Å²) in [6.45, 7) is 6.18. The molecule has 0 unspecified atom stereocenters. The second kappa shape index (κ2) is 6.95. The molecule has 0 heterocycles. The van der Waals surface area contributed by atoms with Crippen molar-refractivity contribution in [1.29, 1.82) is 0 Å². The predicted octanol–water partition coefficient (Wildman–Crippen LogP) is 2.89. The molecule has 4 nitrogen and oxygen atoms in total. The van der Waals surface area contributed by atoms with Gasteiger partial charge in [-0.25, -0.2) is 0 Å². The summed E-state index contributed by atoms with van der Waals surface area (Å²) in [5.74, 6) is -0.354. The molecule has 0 saturated heterocycles. The van der Waals surface area contributed by atoms with Crippen molar-refractivity contribution in [3.05, 3.63) is 33.8 Å². The van der Waals surface area contributed by atoms with E-state index < -0.39 is 5.41 Å². The lowest BCUT2D eigenvalue weighted by Gasteiger charge is -2.17. The van der Waals surface area contributed by atoms with E-state index in [-0.39, 0.29) is 11.8 Å². The van der Waals surface area contributed by atoms with E-state index in [1.165, 1.54) is 6.07 Å². The first-order chi connectivity index (χ1) is 9.21. The van der Waals surface area contributed by atoms with Gasteiger partial charge in [0.15, 0.2) is 0 Å². The van der Waals surface area contributed by atoms with Crippen LogP contribution in [-0.4, -0.2) is 24.9 Å². The van der Waals surface area contributed by atoms with Crippen LogP contribution in [0.25, 0.3) is 0 Å². The van der Waals surface area contributed by atoms with Gasteiger partial charge in [0.25, 0.3) is 5.91 Å². The second-order valence-electron chi connectivity index (χ2n) is 5.39. The van der Waals surface area contributed by atoms with Crippen LogP contribution in [0.2, 0.25) is 10.0 Å². The van der Waals surface area contributed by atoms with Crippen molar-refractivity contribution in [2.45, 2.75) is 20.8 Å². The fourth-order valence-corrected chi connectivity index (χ4v) is 1.88. The Hall–Kier alpha value is -1.26. The molecular formula is C14H18Cl2N2O2. The summed E-state index contributed by atoms with van der Waals surface area (Å²) in [5.41, 5.74) is -0.0815. The van der Waals surface area contributed by atoms with Gasteiger partial charge in [-0.1, -0.05) is 44.0 Å². The first-order valence-corrected chi connectivity index (χ1v) is 6.99. The minimum Gasteiger partial charge on any atom is -0.354 e. The molecule has 0 bridgehead atoms. The number of benzene rings is 1. The Morgan fingerprint density at radius 1 is 1.10 bits per heavy atom. The minimum atomic E-state index is -0.441. The maximum absolute atomic E-state index is 11.9. The summed E-state index contributed by atoms with van der Waals surface area (Å²) in [6.07, 6.45) is 0. The van der Waals surface area contributed by atoms with Gasteiger partial charge in [-0.2, -0.15) is 0 Å². The SMILES string of the molecule is CC(C)(C)C(=O)NCCNC(=O)c1ccc(Cl)cc1Cl. The zero-order chi connectivity index (χ0) is 15.3. The van der Waals surface area contributed by atoms with E-state index >= 15 is 0 Å². The Kier molecular flexibility index (Phi) is 5.84. The molecule has 6 heteroatoms. The lowest BCUT2D eigenvalue weighted by Crippen LogP contribution is -2.39. The number of rotatable bonds is 4. The molecule has 0 spiro atoms. The van der Waals surface area contributed by atoms with Gasteiger partial charge < -0.3 is 10.6 Å². The topological polar surface area (TPSA) is 58.2 Å². The maximum atomic E-state index is 11.9. The van der Waals surface area contributed by atoms with Gasteiger partial charge in [-0.3, -0.25) is 9.59 Å². The molecule has 1 rings (SSSR count). The molecule has 110 valence electrons. The van der Waals surface area contributed by atoms with Crippen molar-refractivity contribution in [3.63, 3.8) is 0 Å². The molecule has 2 amide bonds. The number of hydrogen-bond acceptors (Lipinski definition) is 2. The maximum Gasteiger partial charge on any atom is 0.252 e. The molecule has 0 aliphatic heterocycles. The van der Waals surface area contributed by atoms with Crippen molar-refractivity contribution < 1.29 is 9.59 Å². The monoisotopic (exact) mass is 316 g/mol. The fraction of sp³-hybridized carbons (Fsp3) is 0.429. The zero-order valence-corrected chi connectivity index (χ0v) is 13.2. The lowest BCUT2D eigenvalue weighted by atomic mass is 9.96. The van der Waals surface area contributed by atoms with E-state index in [2.05, 4.69) is 10.6 Å². The number of nitrogens with one attached hydrogen (secondary N) is 2. The first kappa shape index (κ1) is 16.8. The Morgan fingerprint density at radius 3 is 2.25 bits per heavy atom. The van der Waals surface area contributed by atoms with Gasteiger partial charge in [0.05, 0.1) is 10.6 Å². The molecule has 0 aliphatic rings. The zero-order valence-electron chi connectivity index (χ0n) is 11.7. The van der Waals surface area contributed by atoms with Gasteiger partial charge in [0.1, 0.15) is 0 Å². The van der Waals surface area contributed by atoms with Crippen LogP contribution in [0.3, 0.4) is 0 Å². The van der Waals surface area contributed by atoms with Crippen LogP contribution in [0.15, 0.2) is 18.2 Å². The van der Waals surface area contributed by atoms with Gasteiger partial charge in [0.2, 0.25) is 5.91 Å². The largest absolute Gasteiger partial charge is 0.354 e. The summed E-state index contributed by atoms with van der Waals surface area (Å²) < 4.78 is 0. The molecular weight excluding hydrogens is 299 g/mol. The third kappa shape index (κ3) is 5.02. The third-order valence-electron chi connectivity index (χ3n) is 2.55. The summed E-state index contributed by atoms with van der Waals surface area (Å²) in [7, 11) is 0. The Labute approximate surface area is 128 Å². The normalized spacial score (nSPS) is 11.1. The van der Waals surface area contributed by atoms with E-state index in [0.29, 0.717) is 28.7 Å². The number of halogens is 2. The Morgan fingerprint density at radius 2 is 1.70 bits per heavy atom. The van der Waals surface area contributed by atoms with Gasteiger partial charge in [-0.05, 0) is 18.2 Å². The van der Waals surface area contributed by atoms with Crippen LogP contribution in [0.4, 0.5) is 0 Å². The van der Waals surface area contributed by atoms with Crippen LogP contribution in [-0.2, 0) is 4.79 Å². The summed E-state index contributed by atoms with van der Waals surface area (Å²) >= 11 is 11.7. The Bertz CT molecular complexity index is 510. The van der Waals surface area contributed by atoms with Crippen molar-refractivity contribution in [3.8, 4) is 0 Å². The second-order valence-corrected chi connectivity index (χ2v) is 6.23. The molecule has 0 radical (unpaired) electrons. The summed E-state index contributed by atoms with van der Waals surface area (Å²) in [4.78, 5) is 23.5. The average molecular weight is 317 g/mol. The highest BCUT2D eigenvalue weighted by molar-refractivity contribution is 6.36. The van der Waals surface area contributed by atoms with Crippen LogP contribution in [0.5, 0.6) is 0 Å². The summed E-state index contributed by atoms with van der Waals surface area (Å²) in [6, 6.07) is 4.68. The minimum absolute atomic E-state index is 0.0590. The lowest BCUT2D eigenvalue weighted by molar-refractivity contribution is -0.128. The standard InChI is InChI=1S/C14H18Cl2N2O2/c1-14(2,3)13(20)18-7-6-17-12(19)10-5-4-9(15)8-11(10)16/h4-5,8H,6-7H2,1-3H3,(H,17,19)(H,18,20). The van der Waals surface area contributed by atoms with Crippen molar-refractivity contribution >= 4 is 35.0 Å². The molecule has 0 aromatic heterocycles. The quantitative estimate of drug-likeness (QED) is 0.839. The number of carbonyl (C=O) groups is 2. The van der Waals surface area contributed by atoms with E-state index in [4.69, 9.17) is 23.2 Å². The van der Waals surface area contributed by atoms with Crippen LogP contribution in [0, 0.1) is 5.41 Å². The number of carbonyl (C=O) groups excluding carboxylic acids is 2. The molecule has 20 heavy (non-hydrogen) atoms. The highest BCUT2D eigenvalue weighted by atomic mass is 35.5. The number of hydrogen-bond donors (Lipinski definition) is 2. The molecule has 2 N–H and O–H groups in total. The molecule has 0 fully saturated rings. The van der Waals surface area contributed by atoms with Gasteiger partial charge >= 0.3 is 0 Å². The first-order valence-electron chi connectivity index (χ1n) is 6.23. The van der Waals surface area contributed by atoms with Crippen molar-refractivity contribution in [2.75, 3.05) is 13.1 Å². The number of amides is 2. The van der Waals surface area contributed by atoms with Crippen molar-refractivity contribution in [2.24, 2.45) is 5.41 Å². The average Bonchev–Trinajstić information content (AvgIpc) is 2.32. The smallest absolute Gasteiger partial charge is 0.252 e.